The second kappa shape index (κ2) is 4.84. The number of nitrogens with two attached hydrogens (primary N) is 1. The third kappa shape index (κ3) is 2.16. The molecule has 1 aromatic rings. The fourth-order valence-electron chi connectivity index (χ4n) is 5.92. The summed E-state index contributed by atoms with van der Waals surface area (Å²) in [5, 5.41) is 0. The Morgan fingerprint density at radius 1 is 1.14 bits per heavy atom. The largest absolute Gasteiger partial charge is 0.325 e. The number of hydrogen-bond acceptors (Lipinski definition) is 1. The Hall–Kier alpha value is -0.820. The molecule has 1 aromatic carbocycles. The normalized spacial score (nSPS) is 41.0. The minimum absolute atomic E-state index is 0.0928. The maximum absolute atomic E-state index is 6.93. The topological polar surface area (TPSA) is 26.0 Å². The van der Waals surface area contributed by atoms with E-state index >= 15 is 0 Å². The number of fused-ring (bicyclic) bond motifs is 5. The zero-order valence-corrected chi connectivity index (χ0v) is 13.5. The van der Waals surface area contributed by atoms with Crippen LogP contribution in [-0.2, 0) is 6.42 Å². The molecule has 0 radical (unpaired) electrons. The SMILES string of the molecule is CC(C)c1ccc(CC2(N)CC3CC2C2CCCC32)cc1. The van der Waals surface area contributed by atoms with Crippen LogP contribution in [0, 0.1) is 23.7 Å². The van der Waals surface area contributed by atoms with Gasteiger partial charge in [-0.1, -0.05) is 44.5 Å². The molecule has 0 amide bonds. The molecule has 2 N–H and O–H groups in total. The Morgan fingerprint density at radius 3 is 2.57 bits per heavy atom. The van der Waals surface area contributed by atoms with Gasteiger partial charge in [-0.3, -0.25) is 0 Å². The van der Waals surface area contributed by atoms with Gasteiger partial charge in [-0.05, 0) is 72.8 Å². The van der Waals surface area contributed by atoms with Crippen molar-refractivity contribution < 1.29 is 0 Å². The lowest BCUT2D eigenvalue weighted by Crippen LogP contribution is -2.50. The number of benzene rings is 1. The maximum atomic E-state index is 6.93. The fourth-order valence-corrected chi connectivity index (χ4v) is 5.92. The van der Waals surface area contributed by atoms with E-state index in [-0.39, 0.29) is 5.54 Å². The van der Waals surface area contributed by atoms with Crippen molar-refractivity contribution in [3.8, 4) is 0 Å². The third-order valence-electron chi connectivity index (χ3n) is 6.86. The van der Waals surface area contributed by atoms with Crippen molar-refractivity contribution in [3.05, 3.63) is 35.4 Å². The van der Waals surface area contributed by atoms with Crippen LogP contribution in [0.25, 0.3) is 0 Å². The van der Waals surface area contributed by atoms with Gasteiger partial charge in [0.1, 0.15) is 0 Å². The second-order valence-electron chi connectivity index (χ2n) is 8.37. The van der Waals surface area contributed by atoms with Crippen LogP contribution in [0.3, 0.4) is 0 Å². The van der Waals surface area contributed by atoms with Gasteiger partial charge in [0.25, 0.3) is 0 Å². The highest BCUT2D eigenvalue weighted by atomic mass is 14.8. The second-order valence-corrected chi connectivity index (χ2v) is 8.37. The molecular formula is C20H29N. The predicted molar refractivity (Wildman–Crippen MR) is 88.2 cm³/mol. The molecule has 3 fully saturated rings. The molecule has 0 saturated heterocycles. The number of rotatable bonds is 3. The molecule has 0 aromatic heterocycles. The molecule has 114 valence electrons. The average Bonchev–Trinajstić information content (AvgIpc) is 3.10. The third-order valence-corrected chi connectivity index (χ3v) is 6.86. The van der Waals surface area contributed by atoms with Crippen LogP contribution in [0.2, 0.25) is 0 Å². The van der Waals surface area contributed by atoms with Crippen LogP contribution in [0.15, 0.2) is 24.3 Å². The number of hydrogen-bond donors (Lipinski definition) is 1. The molecule has 21 heavy (non-hydrogen) atoms. The first-order valence-corrected chi connectivity index (χ1v) is 8.94. The lowest BCUT2D eigenvalue weighted by molar-refractivity contribution is 0.156. The van der Waals surface area contributed by atoms with E-state index in [2.05, 4.69) is 38.1 Å². The lowest BCUT2D eigenvalue weighted by atomic mass is 9.69. The first-order chi connectivity index (χ1) is 10.1. The van der Waals surface area contributed by atoms with E-state index in [4.69, 9.17) is 5.73 Å². The van der Waals surface area contributed by atoms with E-state index in [1.54, 1.807) is 0 Å². The van der Waals surface area contributed by atoms with Crippen LogP contribution in [0.5, 0.6) is 0 Å². The van der Waals surface area contributed by atoms with E-state index in [0.717, 1.165) is 30.1 Å². The molecule has 1 nitrogen and oxygen atoms in total. The van der Waals surface area contributed by atoms with E-state index in [0.29, 0.717) is 5.92 Å². The van der Waals surface area contributed by atoms with Gasteiger partial charge < -0.3 is 5.73 Å². The summed E-state index contributed by atoms with van der Waals surface area (Å²) in [7, 11) is 0. The highest BCUT2D eigenvalue weighted by Crippen LogP contribution is 2.62. The molecule has 1 heteroatoms. The van der Waals surface area contributed by atoms with Crippen molar-refractivity contribution in [2.24, 2.45) is 29.4 Å². The molecule has 0 aliphatic heterocycles. The lowest BCUT2D eigenvalue weighted by Gasteiger charge is -2.40. The minimum Gasteiger partial charge on any atom is -0.325 e. The van der Waals surface area contributed by atoms with Crippen molar-refractivity contribution in [2.45, 2.75) is 63.8 Å². The maximum Gasteiger partial charge on any atom is 0.0229 e. The summed E-state index contributed by atoms with van der Waals surface area (Å²) in [6.45, 7) is 4.52. The van der Waals surface area contributed by atoms with Crippen molar-refractivity contribution >= 4 is 0 Å². The average molecular weight is 283 g/mol. The van der Waals surface area contributed by atoms with Gasteiger partial charge in [-0.25, -0.2) is 0 Å². The molecule has 3 aliphatic carbocycles. The predicted octanol–water partition coefficient (Wildman–Crippen LogP) is 4.51. The van der Waals surface area contributed by atoms with Crippen LogP contribution in [-0.4, -0.2) is 5.54 Å². The Balaban J connectivity index is 1.52. The Labute approximate surface area is 129 Å². The Kier molecular flexibility index (Phi) is 3.19. The van der Waals surface area contributed by atoms with E-state index in [1.165, 1.54) is 43.2 Å². The molecule has 3 aliphatic rings. The summed E-state index contributed by atoms with van der Waals surface area (Å²) < 4.78 is 0. The molecule has 4 rings (SSSR count). The molecular weight excluding hydrogens is 254 g/mol. The summed E-state index contributed by atoms with van der Waals surface area (Å²) in [6, 6.07) is 9.24. The van der Waals surface area contributed by atoms with Gasteiger partial charge in [-0.2, -0.15) is 0 Å². The van der Waals surface area contributed by atoms with Crippen LogP contribution < -0.4 is 5.73 Å². The van der Waals surface area contributed by atoms with Crippen LogP contribution in [0.4, 0.5) is 0 Å². The zero-order chi connectivity index (χ0) is 14.6. The van der Waals surface area contributed by atoms with Gasteiger partial charge >= 0.3 is 0 Å². The summed E-state index contributed by atoms with van der Waals surface area (Å²) in [6.07, 6.45) is 8.21. The molecule has 5 atom stereocenters. The summed E-state index contributed by atoms with van der Waals surface area (Å²) >= 11 is 0. The molecule has 3 saturated carbocycles. The Bertz CT molecular complexity index is 517. The van der Waals surface area contributed by atoms with Crippen molar-refractivity contribution in [2.75, 3.05) is 0 Å². The van der Waals surface area contributed by atoms with E-state index < -0.39 is 0 Å². The van der Waals surface area contributed by atoms with Gasteiger partial charge in [0.15, 0.2) is 0 Å². The summed E-state index contributed by atoms with van der Waals surface area (Å²) in [5.74, 6) is 4.37. The molecule has 2 bridgehead atoms. The molecule has 0 spiro atoms. The fraction of sp³-hybridized carbons (Fsp3) is 0.700. The van der Waals surface area contributed by atoms with Crippen molar-refractivity contribution in [1.29, 1.82) is 0 Å². The first-order valence-electron chi connectivity index (χ1n) is 8.94. The van der Waals surface area contributed by atoms with Gasteiger partial charge in [0.05, 0.1) is 0 Å². The van der Waals surface area contributed by atoms with Crippen molar-refractivity contribution in [3.63, 3.8) is 0 Å². The Morgan fingerprint density at radius 2 is 1.86 bits per heavy atom. The summed E-state index contributed by atoms with van der Waals surface area (Å²) in [5.41, 5.74) is 9.91. The van der Waals surface area contributed by atoms with E-state index in [9.17, 15) is 0 Å². The van der Waals surface area contributed by atoms with Crippen LogP contribution >= 0.6 is 0 Å². The minimum atomic E-state index is 0.0928. The molecule has 0 heterocycles. The molecule has 5 unspecified atom stereocenters. The van der Waals surface area contributed by atoms with Gasteiger partial charge in [0, 0.05) is 5.54 Å². The standard InChI is InChI=1S/C20H29N/c1-13(2)15-8-6-14(7-9-15)11-20(21)12-16-10-19(20)18-5-3-4-17(16)18/h6-9,13,16-19H,3-5,10-12,21H2,1-2H3. The van der Waals surface area contributed by atoms with Gasteiger partial charge in [-0.15, -0.1) is 0 Å². The van der Waals surface area contributed by atoms with Crippen LogP contribution in [0.1, 0.15) is 63.0 Å². The monoisotopic (exact) mass is 283 g/mol. The van der Waals surface area contributed by atoms with Gasteiger partial charge in [0.2, 0.25) is 0 Å². The zero-order valence-electron chi connectivity index (χ0n) is 13.5. The smallest absolute Gasteiger partial charge is 0.0229 e. The highest BCUT2D eigenvalue weighted by Gasteiger charge is 2.58. The quantitative estimate of drug-likeness (QED) is 0.868. The summed E-state index contributed by atoms with van der Waals surface area (Å²) in [4.78, 5) is 0. The highest BCUT2D eigenvalue weighted by molar-refractivity contribution is 5.27. The first kappa shape index (κ1) is 13.8. The van der Waals surface area contributed by atoms with Crippen molar-refractivity contribution in [1.82, 2.24) is 0 Å². The van der Waals surface area contributed by atoms with E-state index in [1.807, 2.05) is 0 Å².